The number of thioether (sulfide) groups is 1. The molecule has 0 spiro atoms. The van der Waals surface area contributed by atoms with E-state index in [2.05, 4.69) is 67.5 Å². The van der Waals surface area contributed by atoms with E-state index in [1.165, 1.54) is 32.8 Å². The van der Waals surface area contributed by atoms with E-state index in [1.54, 1.807) is 11.8 Å². The summed E-state index contributed by atoms with van der Waals surface area (Å²) in [6.45, 7) is 3.03. The van der Waals surface area contributed by atoms with Crippen molar-refractivity contribution < 1.29 is 9.53 Å². The van der Waals surface area contributed by atoms with Gasteiger partial charge in [0.1, 0.15) is 6.10 Å². The van der Waals surface area contributed by atoms with E-state index in [4.69, 9.17) is 4.74 Å². The summed E-state index contributed by atoms with van der Waals surface area (Å²) < 4.78 is 6.92. The van der Waals surface area contributed by atoms with Crippen molar-refractivity contribution in [2.24, 2.45) is 17.3 Å². The highest BCUT2D eigenvalue weighted by atomic mass is 32.2. The number of ether oxygens (including phenoxy) is 1. The first-order valence-corrected chi connectivity index (χ1v) is 14.3. The largest absolute Gasteiger partial charge is 0.368 e. The average Bonchev–Trinajstić information content (AvgIpc) is 3.17. The SMILES string of the molecule is C.C.CSc1ccc(C2OC[C@]3(C)C(C#Cc4ccccc4)=CCC3C3CCC4=CC(=O)CCC4=C23)cc1.S. The van der Waals surface area contributed by atoms with Gasteiger partial charge in [0, 0.05) is 27.9 Å². The molecular formula is C35H42O2S2. The zero-order chi connectivity index (χ0) is 24.7. The van der Waals surface area contributed by atoms with Crippen molar-refractivity contribution in [1.82, 2.24) is 0 Å². The zero-order valence-corrected chi connectivity index (χ0v) is 23.4. The van der Waals surface area contributed by atoms with Crippen LogP contribution in [0.4, 0.5) is 0 Å². The lowest BCUT2D eigenvalue weighted by molar-refractivity contribution is -0.114. The highest BCUT2D eigenvalue weighted by molar-refractivity contribution is 7.98. The molecule has 4 atom stereocenters. The maximum atomic E-state index is 12.3. The third kappa shape index (κ3) is 5.73. The highest BCUT2D eigenvalue weighted by Gasteiger charge is 2.51. The Morgan fingerprint density at radius 3 is 2.44 bits per heavy atom. The lowest BCUT2D eigenvalue weighted by atomic mass is 9.62. The normalized spacial score (nSPS) is 26.9. The van der Waals surface area contributed by atoms with E-state index in [-0.39, 0.29) is 45.7 Å². The van der Waals surface area contributed by atoms with E-state index in [1.807, 2.05) is 24.3 Å². The Morgan fingerprint density at radius 2 is 1.72 bits per heavy atom. The molecule has 6 rings (SSSR count). The van der Waals surface area contributed by atoms with Gasteiger partial charge in [-0.25, -0.2) is 0 Å². The summed E-state index contributed by atoms with van der Waals surface area (Å²) >= 11 is 1.76. The molecule has 206 valence electrons. The van der Waals surface area contributed by atoms with Gasteiger partial charge in [-0.3, -0.25) is 4.79 Å². The second-order valence-electron chi connectivity index (χ2n) is 10.7. The third-order valence-electron chi connectivity index (χ3n) is 8.68. The van der Waals surface area contributed by atoms with Gasteiger partial charge in [0.15, 0.2) is 5.78 Å². The number of rotatable bonds is 2. The summed E-state index contributed by atoms with van der Waals surface area (Å²) in [6.07, 6.45) is 10.9. The molecule has 3 unspecified atom stereocenters. The van der Waals surface area contributed by atoms with Crippen LogP contribution in [-0.2, 0) is 9.53 Å². The Labute approximate surface area is 246 Å². The molecule has 0 amide bonds. The first kappa shape index (κ1) is 31.1. The van der Waals surface area contributed by atoms with Gasteiger partial charge in [0.2, 0.25) is 0 Å². The number of hydrogen-bond donors (Lipinski definition) is 0. The van der Waals surface area contributed by atoms with E-state index in [0.29, 0.717) is 24.9 Å². The summed E-state index contributed by atoms with van der Waals surface area (Å²) in [5.74, 6) is 8.14. The number of fused-ring (bicyclic) bond motifs is 4. The molecular weight excluding hydrogens is 517 g/mol. The number of carbonyl (C=O) groups is 1. The second kappa shape index (κ2) is 12.8. The first-order valence-electron chi connectivity index (χ1n) is 13.1. The van der Waals surface area contributed by atoms with Crippen LogP contribution in [0, 0.1) is 29.1 Å². The standard InChI is InChI=1S/C33H32O2S.2CH4.H2S/c1-33-21-35-32(23-9-15-27(36-2)16-10-23)31-28-18-14-26(34)20-24(28)11-17-29(31)30(33)19-13-25(33)12-8-22-6-4-3-5-7-22;;;/h3-7,9-10,13,15-16,20,29-30,32H,11,14,17-19,21H2,1-2H3;2*1H4;1H2/t29?,30?,32?,33-;;;/m1.../s1. The van der Waals surface area contributed by atoms with Gasteiger partial charge in [-0.2, -0.15) is 13.5 Å². The quantitative estimate of drug-likeness (QED) is 0.272. The molecule has 1 aliphatic heterocycles. The van der Waals surface area contributed by atoms with Crippen LogP contribution < -0.4 is 0 Å². The molecule has 1 fully saturated rings. The number of benzene rings is 2. The number of ketones is 1. The van der Waals surface area contributed by atoms with Crippen LogP contribution in [0.15, 0.2) is 93.9 Å². The van der Waals surface area contributed by atoms with Crippen molar-refractivity contribution in [2.45, 2.75) is 64.9 Å². The van der Waals surface area contributed by atoms with Gasteiger partial charge in [-0.15, -0.1) is 11.8 Å². The molecule has 0 bridgehead atoms. The van der Waals surface area contributed by atoms with Crippen LogP contribution >= 0.6 is 25.3 Å². The molecule has 3 aliphatic carbocycles. The molecule has 0 aromatic heterocycles. The molecule has 0 radical (unpaired) electrons. The molecule has 2 aromatic carbocycles. The van der Waals surface area contributed by atoms with Gasteiger partial charge >= 0.3 is 0 Å². The van der Waals surface area contributed by atoms with Crippen molar-refractivity contribution in [2.75, 3.05) is 12.9 Å². The molecule has 1 heterocycles. The fourth-order valence-corrected chi connectivity index (χ4v) is 7.17. The van der Waals surface area contributed by atoms with E-state index in [0.717, 1.165) is 31.2 Å². The minimum absolute atomic E-state index is 0. The van der Waals surface area contributed by atoms with E-state index >= 15 is 0 Å². The Hall–Kier alpha value is -2.45. The first-order chi connectivity index (χ1) is 17.6. The number of allylic oxidation sites excluding steroid dienone is 4. The monoisotopic (exact) mass is 558 g/mol. The van der Waals surface area contributed by atoms with Crippen molar-refractivity contribution in [3.05, 3.63) is 100 Å². The maximum Gasteiger partial charge on any atom is 0.156 e. The van der Waals surface area contributed by atoms with Crippen molar-refractivity contribution >= 4 is 31.0 Å². The molecule has 4 aliphatic rings. The molecule has 0 saturated carbocycles. The summed E-state index contributed by atoms with van der Waals surface area (Å²) in [5, 5.41) is 0. The Kier molecular flexibility index (Phi) is 10.2. The van der Waals surface area contributed by atoms with Crippen molar-refractivity contribution in [3.63, 3.8) is 0 Å². The lowest BCUT2D eigenvalue weighted by Crippen LogP contribution is -2.34. The lowest BCUT2D eigenvalue weighted by Gasteiger charge is -2.40. The molecule has 2 aromatic rings. The zero-order valence-electron chi connectivity index (χ0n) is 21.6. The number of hydrogen-bond acceptors (Lipinski definition) is 3. The fourth-order valence-electron chi connectivity index (χ4n) is 6.76. The van der Waals surface area contributed by atoms with Crippen LogP contribution in [0.2, 0.25) is 0 Å². The van der Waals surface area contributed by atoms with Crippen LogP contribution in [0.25, 0.3) is 0 Å². The van der Waals surface area contributed by atoms with E-state index < -0.39 is 0 Å². The molecule has 39 heavy (non-hydrogen) atoms. The third-order valence-corrected chi connectivity index (χ3v) is 9.42. The second-order valence-corrected chi connectivity index (χ2v) is 11.6. The Morgan fingerprint density at radius 1 is 0.974 bits per heavy atom. The minimum atomic E-state index is -0.113. The van der Waals surface area contributed by atoms with Gasteiger partial charge in [-0.05, 0) is 96.4 Å². The fraction of sp³-hybridized carbons (Fsp3) is 0.400. The summed E-state index contributed by atoms with van der Waals surface area (Å²) in [6, 6.07) is 19.1. The van der Waals surface area contributed by atoms with E-state index in [9.17, 15) is 4.79 Å². The minimum Gasteiger partial charge on any atom is -0.368 e. The van der Waals surface area contributed by atoms with Crippen LogP contribution in [-0.4, -0.2) is 18.6 Å². The predicted molar refractivity (Wildman–Crippen MR) is 170 cm³/mol. The molecule has 4 heteroatoms. The smallest absolute Gasteiger partial charge is 0.156 e. The molecule has 2 nitrogen and oxygen atoms in total. The van der Waals surface area contributed by atoms with Crippen molar-refractivity contribution in [3.8, 4) is 11.8 Å². The summed E-state index contributed by atoms with van der Waals surface area (Å²) in [7, 11) is 0. The van der Waals surface area contributed by atoms with Crippen LogP contribution in [0.1, 0.15) is 71.1 Å². The maximum absolute atomic E-state index is 12.3. The van der Waals surface area contributed by atoms with Crippen LogP contribution in [0.3, 0.4) is 0 Å². The topological polar surface area (TPSA) is 26.3 Å². The number of carbonyl (C=O) groups excluding carboxylic acids is 1. The molecule has 1 saturated heterocycles. The van der Waals surface area contributed by atoms with Gasteiger partial charge in [0.25, 0.3) is 0 Å². The Balaban J connectivity index is 0.00000140. The summed E-state index contributed by atoms with van der Waals surface area (Å²) in [5.41, 5.74) is 7.48. The molecule has 0 N–H and O–H groups in total. The Bertz CT molecular complexity index is 1340. The summed E-state index contributed by atoms with van der Waals surface area (Å²) in [4.78, 5) is 13.5. The predicted octanol–water partition coefficient (Wildman–Crippen LogP) is 8.86. The average molecular weight is 559 g/mol. The highest BCUT2D eigenvalue weighted by Crippen LogP contribution is 2.58. The van der Waals surface area contributed by atoms with Crippen LogP contribution in [0.5, 0.6) is 0 Å². The van der Waals surface area contributed by atoms with Gasteiger partial charge in [-0.1, -0.05) is 70.0 Å². The van der Waals surface area contributed by atoms with Gasteiger partial charge < -0.3 is 4.74 Å². The van der Waals surface area contributed by atoms with Crippen molar-refractivity contribution in [1.29, 1.82) is 0 Å². The van der Waals surface area contributed by atoms with Gasteiger partial charge in [0.05, 0.1) is 6.61 Å².